The van der Waals surface area contributed by atoms with Crippen LogP contribution in [-0.2, 0) is 16.0 Å². The van der Waals surface area contributed by atoms with E-state index in [0.29, 0.717) is 5.92 Å². The Hall–Kier alpha value is -1.39. The van der Waals surface area contributed by atoms with E-state index < -0.39 is 0 Å². The Bertz CT molecular complexity index is 556. The van der Waals surface area contributed by atoms with E-state index >= 15 is 0 Å². The van der Waals surface area contributed by atoms with Gasteiger partial charge in [0.15, 0.2) is 0 Å². The lowest BCUT2D eigenvalue weighted by Crippen LogP contribution is -2.43. The van der Waals surface area contributed by atoms with Crippen molar-refractivity contribution in [2.45, 2.75) is 44.3 Å². The minimum atomic E-state index is -0.174. The highest BCUT2D eigenvalue weighted by molar-refractivity contribution is 5.81. The van der Waals surface area contributed by atoms with Crippen LogP contribution in [0.25, 0.3) is 0 Å². The van der Waals surface area contributed by atoms with Crippen LogP contribution < -0.4 is 0 Å². The lowest BCUT2D eigenvalue weighted by molar-refractivity contribution is -0.142. The molecule has 1 aromatic carbocycles. The lowest BCUT2D eigenvalue weighted by Gasteiger charge is -2.34. The number of rotatable bonds is 4. The van der Waals surface area contributed by atoms with Gasteiger partial charge in [-0.2, -0.15) is 0 Å². The summed E-state index contributed by atoms with van der Waals surface area (Å²) in [6.07, 6.45) is 5.58. The van der Waals surface area contributed by atoms with Gasteiger partial charge in [0.25, 0.3) is 5.91 Å². The number of piperidine rings is 1. The largest absolute Gasteiger partial charge is 0.364 e. The molecule has 0 aliphatic carbocycles. The summed E-state index contributed by atoms with van der Waals surface area (Å²) in [7, 11) is 0. The molecule has 0 radical (unpaired) electrons. The summed E-state index contributed by atoms with van der Waals surface area (Å²) in [6.45, 7) is 5.07. The van der Waals surface area contributed by atoms with Gasteiger partial charge in [-0.05, 0) is 50.1 Å². The van der Waals surface area contributed by atoms with Crippen LogP contribution in [-0.4, -0.2) is 60.6 Å². The zero-order chi connectivity index (χ0) is 16.4. The summed E-state index contributed by atoms with van der Waals surface area (Å²) in [4.78, 5) is 17.1. The number of carbonyl (C=O) groups excluding carboxylic acids is 1. The standard InChI is InChI=1S/C20H28N2O2/c23-20(22-10-4-5-11-22)18-14-17-9-13-21(15-19(17)24-18)12-8-16-6-2-1-3-7-16/h1-3,6-7,17-19H,4-5,8-15H2/t17-,18+,19-/m1/s1. The molecule has 4 heteroatoms. The summed E-state index contributed by atoms with van der Waals surface area (Å²) >= 11 is 0. The van der Waals surface area contributed by atoms with E-state index in [1.807, 2.05) is 4.90 Å². The number of hydrogen-bond acceptors (Lipinski definition) is 3. The summed E-state index contributed by atoms with van der Waals surface area (Å²) < 4.78 is 6.19. The highest BCUT2D eigenvalue weighted by Gasteiger charge is 2.43. The van der Waals surface area contributed by atoms with Crippen molar-refractivity contribution in [2.75, 3.05) is 32.7 Å². The fourth-order valence-corrected chi connectivity index (χ4v) is 4.43. The first kappa shape index (κ1) is 16.1. The molecule has 3 heterocycles. The molecule has 3 fully saturated rings. The first-order valence-electron chi connectivity index (χ1n) is 9.50. The van der Waals surface area contributed by atoms with E-state index in [-0.39, 0.29) is 18.1 Å². The Morgan fingerprint density at radius 2 is 1.92 bits per heavy atom. The average molecular weight is 328 g/mol. The normalized spacial score (nSPS) is 30.5. The van der Waals surface area contributed by atoms with Crippen LogP contribution >= 0.6 is 0 Å². The number of amides is 1. The lowest BCUT2D eigenvalue weighted by atomic mass is 9.91. The van der Waals surface area contributed by atoms with E-state index in [1.54, 1.807) is 0 Å². The number of benzene rings is 1. The van der Waals surface area contributed by atoms with Crippen LogP contribution in [0.15, 0.2) is 30.3 Å². The molecule has 3 aliphatic rings. The number of hydrogen-bond donors (Lipinski definition) is 0. The summed E-state index contributed by atoms with van der Waals surface area (Å²) in [5.74, 6) is 0.826. The second kappa shape index (κ2) is 7.24. The third kappa shape index (κ3) is 3.50. The van der Waals surface area contributed by atoms with Gasteiger partial charge in [0.1, 0.15) is 6.10 Å². The van der Waals surface area contributed by atoms with Gasteiger partial charge >= 0.3 is 0 Å². The van der Waals surface area contributed by atoms with Gasteiger partial charge in [-0.3, -0.25) is 4.79 Å². The predicted octanol–water partition coefficient (Wildman–Crippen LogP) is 2.33. The van der Waals surface area contributed by atoms with Crippen molar-refractivity contribution < 1.29 is 9.53 Å². The number of carbonyl (C=O) groups is 1. The Morgan fingerprint density at radius 1 is 1.12 bits per heavy atom. The Labute approximate surface area is 144 Å². The molecule has 0 unspecified atom stereocenters. The monoisotopic (exact) mass is 328 g/mol. The SMILES string of the molecule is O=C([C@@H]1C[C@H]2CCN(CCc3ccccc3)C[C@H]2O1)N1CCCC1. The molecule has 130 valence electrons. The van der Waals surface area contributed by atoms with Crippen LogP contribution in [0.3, 0.4) is 0 Å². The molecule has 1 aromatic rings. The number of fused-ring (bicyclic) bond motifs is 1. The maximum absolute atomic E-state index is 12.6. The van der Waals surface area contributed by atoms with E-state index in [9.17, 15) is 4.79 Å². The van der Waals surface area contributed by atoms with Crippen molar-refractivity contribution >= 4 is 5.91 Å². The van der Waals surface area contributed by atoms with Gasteiger partial charge in [0, 0.05) is 26.2 Å². The molecular formula is C20H28N2O2. The fourth-order valence-electron chi connectivity index (χ4n) is 4.43. The molecule has 4 nitrogen and oxygen atoms in total. The Balaban J connectivity index is 1.28. The maximum atomic E-state index is 12.6. The topological polar surface area (TPSA) is 32.8 Å². The Kier molecular flexibility index (Phi) is 4.86. The van der Waals surface area contributed by atoms with Gasteiger partial charge in [-0.1, -0.05) is 30.3 Å². The zero-order valence-electron chi connectivity index (χ0n) is 14.4. The molecule has 3 aliphatic heterocycles. The van der Waals surface area contributed by atoms with Gasteiger partial charge in [-0.25, -0.2) is 0 Å². The second-order valence-electron chi connectivity index (χ2n) is 7.52. The molecule has 0 N–H and O–H groups in total. The van der Waals surface area contributed by atoms with Crippen LogP contribution in [0.1, 0.15) is 31.2 Å². The van der Waals surface area contributed by atoms with E-state index in [4.69, 9.17) is 4.74 Å². The molecule has 0 bridgehead atoms. The molecule has 1 amide bonds. The van der Waals surface area contributed by atoms with Gasteiger partial charge in [0.2, 0.25) is 0 Å². The predicted molar refractivity (Wildman–Crippen MR) is 93.8 cm³/mol. The first-order chi connectivity index (χ1) is 11.8. The van der Waals surface area contributed by atoms with Gasteiger partial charge in [-0.15, -0.1) is 0 Å². The molecular weight excluding hydrogens is 300 g/mol. The molecule has 24 heavy (non-hydrogen) atoms. The quantitative estimate of drug-likeness (QED) is 0.850. The van der Waals surface area contributed by atoms with Crippen molar-refractivity contribution in [1.82, 2.24) is 9.80 Å². The van der Waals surface area contributed by atoms with Gasteiger partial charge in [0.05, 0.1) is 6.10 Å². The molecule has 4 rings (SSSR count). The minimum Gasteiger partial charge on any atom is -0.364 e. The van der Waals surface area contributed by atoms with Crippen molar-refractivity contribution in [1.29, 1.82) is 0 Å². The van der Waals surface area contributed by atoms with Crippen molar-refractivity contribution in [2.24, 2.45) is 5.92 Å². The summed E-state index contributed by atoms with van der Waals surface area (Å²) in [6, 6.07) is 10.7. The summed E-state index contributed by atoms with van der Waals surface area (Å²) in [5, 5.41) is 0. The van der Waals surface area contributed by atoms with E-state index in [1.165, 1.54) is 12.0 Å². The van der Waals surface area contributed by atoms with Crippen molar-refractivity contribution in [3.63, 3.8) is 0 Å². The third-order valence-electron chi connectivity index (χ3n) is 5.89. The molecule has 0 aromatic heterocycles. The van der Waals surface area contributed by atoms with Crippen molar-refractivity contribution in [3.8, 4) is 0 Å². The average Bonchev–Trinajstić information content (AvgIpc) is 3.29. The van der Waals surface area contributed by atoms with Crippen LogP contribution in [0.4, 0.5) is 0 Å². The fraction of sp³-hybridized carbons (Fsp3) is 0.650. The number of likely N-dealkylation sites (tertiary alicyclic amines) is 2. The van der Waals surface area contributed by atoms with Gasteiger partial charge < -0.3 is 14.5 Å². The molecule has 3 saturated heterocycles. The number of ether oxygens (including phenoxy) is 1. The van der Waals surface area contributed by atoms with Crippen LogP contribution in [0, 0.1) is 5.92 Å². The highest BCUT2D eigenvalue weighted by atomic mass is 16.5. The third-order valence-corrected chi connectivity index (χ3v) is 5.89. The highest BCUT2D eigenvalue weighted by Crippen LogP contribution is 2.34. The minimum absolute atomic E-state index is 0.174. The second-order valence-corrected chi connectivity index (χ2v) is 7.52. The molecule has 0 spiro atoms. The zero-order valence-corrected chi connectivity index (χ0v) is 14.4. The van der Waals surface area contributed by atoms with E-state index in [2.05, 4.69) is 35.2 Å². The maximum Gasteiger partial charge on any atom is 0.251 e. The Morgan fingerprint density at radius 3 is 2.71 bits per heavy atom. The van der Waals surface area contributed by atoms with Crippen LogP contribution in [0.2, 0.25) is 0 Å². The number of nitrogens with zero attached hydrogens (tertiary/aromatic N) is 2. The molecule has 3 atom stereocenters. The smallest absolute Gasteiger partial charge is 0.251 e. The van der Waals surface area contributed by atoms with Crippen LogP contribution in [0.5, 0.6) is 0 Å². The van der Waals surface area contributed by atoms with E-state index in [0.717, 1.165) is 58.4 Å². The first-order valence-corrected chi connectivity index (χ1v) is 9.50. The molecule has 0 saturated carbocycles. The van der Waals surface area contributed by atoms with Crippen molar-refractivity contribution in [3.05, 3.63) is 35.9 Å². The summed E-state index contributed by atoms with van der Waals surface area (Å²) in [5.41, 5.74) is 1.40.